The van der Waals surface area contributed by atoms with E-state index in [1.165, 1.54) is 11.8 Å². The number of benzene rings is 1. The van der Waals surface area contributed by atoms with Crippen molar-refractivity contribution in [2.75, 3.05) is 7.11 Å². The Labute approximate surface area is 183 Å². The van der Waals surface area contributed by atoms with Gasteiger partial charge in [0.1, 0.15) is 11.3 Å². The molecule has 0 fully saturated rings. The summed E-state index contributed by atoms with van der Waals surface area (Å²) in [6.45, 7) is 12.4. The van der Waals surface area contributed by atoms with Gasteiger partial charge in [0.2, 0.25) is 5.91 Å². The van der Waals surface area contributed by atoms with E-state index in [9.17, 15) is 10.1 Å². The molecule has 0 spiro atoms. The van der Waals surface area contributed by atoms with Crippen LogP contribution >= 0.6 is 11.8 Å². The number of thioether (sulfide) groups is 1. The number of nitrogens with one attached hydrogen (secondary N) is 1. The van der Waals surface area contributed by atoms with Crippen molar-refractivity contribution >= 4 is 17.7 Å². The topological polar surface area (TPSA) is 92.8 Å². The van der Waals surface area contributed by atoms with E-state index in [0.717, 1.165) is 23.7 Å². The second kappa shape index (κ2) is 9.98. The maximum atomic E-state index is 12.8. The van der Waals surface area contributed by atoms with Crippen molar-refractivity contribution in [1.29, 1.82) is 5.26 Å². The van der Waals surface area contributed by atoms with E-state index in [0.29, 0.717) is 11.1 Å². The Bertz CT molecular complexity index is 901. The number of methoxy groups -OCH3 is 1. The number of hydrogen-bond donors (Lipinski definition) is 1. The summed E-state index contributed by atoms with van der Waals surface area (Å²) in [5.74, 6) is 1.71. The molecule has 0 saturated carbocycles. The predicted octanol–water partition coefficient (Wildman–Crippen LogP) is 4.14. The summed E-state index contributed by atoms with van der Waals surface area (Å²) in [6, 6.07) is 9.89. The highest BCUT2D eigenvalue weighted by Gasteiger charge is 2.32. The first kappa shape index (κ1) is 23.7. The summed E-state index contributed by atoms with van der Waals surface area (Å²) in [5.41, 5.74) is 0.0240. The van der Waals surface area contributed by atoms with E-state index in [2.05, 4.69) is 35.4 Å². The van der Waals surface area contributed by atoms with Gasteiger partial charge in [0.15, 0.2) is 11.0 Å². The highest BCUT2D eigenvalue weighted by Crippen LogP contribution is 2.29. The van der Waals surface area contributed by atoms with Gasteiger partial charge in [-0.05, 0) is 49.9 Å². The van der Waals surface area contributed by atoms with Gasteiger partial charge in [-0.1, -0.05) is 39.5 Å². The molecule has 2 aromatic rings. The summed E-state index contributed by atoms with van der Waals surface area (Å²) < 4.78 is 7.28. The molecule has 2 rings (SSSR count). The minimum absolute atomic E-state index is 0.00471. The Hall–Kier alpha value is -2.53. The molecule has 0 aliphatic carbocycles. The molecule has 0 aliphatic rings. The van der Waals surface area contributed by atoms with Crippen LogP contribution in [-0.4, -0.2) is 38.6 Å². The van der Waals surface area contributed by atoms with E-state index in [4.69, 9.17) is 4.74 Å². The fraction of sp³-hybridized carbons (Fsp3) is 0.545. The lowest BCUT2D eigenvalue weighted by atomic mass is 9.90. The first-order chi connectivity index (χ1) is 14.1. The van der Waals surface area contributed by atoms with E-state index in [1.54, 1.807) is 14.0 Å². The molecule has 1 amide bonds. The minimum atomic E-state index is -0.911. The molecule has 8 heteroatoms. The fourth-order valence-corrected chi connectivity index (χ4v) is 3.59. The maximum absolute atomic E-state index is 12.8. The van der Waals surface area contributed by atoms with Crippen molar-refractivity contribution in [2.45, 2.75) is 64.0 Å². The third-order valence-electron chi connectivity index (χ3n) is 5.03. The molecule has 0 bridgehead atoms. The van der Waals surface area contributed by atoms with Crippen LogP contribution in [0, 0.1) is 23.2 Å². The van der Waals surface area contributed by atoms with Gasteiger partial charge >= 0.3 is 0 Å². The van der Waals surface area contributed by atoms with E-state index in [1.807, 2.05) is 49.6 Å². The lowest BCUT2D eigenvalue weighted by Crippen LogP contribution is -2.51. The number of nitrogens with zero attached hydrogens (tertiary/aromatic N) is 4. The molecule has 0 aliphatic heterocycles. The lowest BCUT2D eigenvalue weighted by Gasteiger charge is -2.28. The molecule has 1 aromatic carbocycles. The van der Waals surface area contributed by atoms with Gasteiger partial charge in [0.25, 0.3) is 0 Å². The number of rotatable bonds is 9. The largest absolute Gasteiger partial charge is 0.497 e. The van der Waals surface area contributed by atoms with Gasteiger partial charge < -0.3 is 14.6 Å². The molecule has 1 aromatic heterocycles. The van der Waals surface area contributed by atoms with Gasteiger partial charge in [-0.15, -0.1) is 10.2 Å². The molecular formula is C22H31N5O2S. The average molecular weight is 430 g/mol. The first-order valence-corrected chi connectivity index (χ1v) is 11.0. The van der Waals surface area contributed by atoms with Crippen LogP contribution in [0.1, 0.15) is 41.5 Å². The molecule has 7 nitrogen and oxygen atoms in total. The van der Waals surface area contributed by atoms with Gasteiger partial charge in [-0.25, -0.2) is 0 Å². The van der Waals surface area contributed by atoms with Crippen LogP contribution in [0.5, 0.6) is 5.75 Å². The summed E-state index contributed by atoms with van der Waals surface area (Å²) >= 11 is 1.35. The van der Waals surface area contributed by atoms with Crippen molar-refractivity contribution < 1.29 is 9.53 Å². The van der Waals surface area contributed by atoms with Crippen molar-refractivity contribution in [2.24, 2.45) is 11.8 Å². The third-order valence-corrected chi connectivity index (χ3v) is 6.11. The smallest absolute Gasteiger partial charge is 0.234 e. The number of aromatic nitrogens is 3. The second-order valence-corrected chi connectivity index (χ2v) is 9.57. The molecule has 162 valence electrons. The van der Waals surface area contributed by atoms with Crippen LogP contribution in [0.25, 0.3) is 11.4 Å². The molecule has 30 heavy (non-hydrogen) atoms. The summed E-state index contributed by atoms with van der Waals surface area (Å²) in [7, 11) is 1.63. The minimum Gasteiger partial charge on any atom is -0.497 e. The van der Waals surface area contributed by atoms with Gasteiger partial charge in [0, 0.05) is 12.1 Å². The van der Waals surface area contributed by atoms with Crippen LogP contribution in [-0.2, 0) is 11.3 Å². The molecular weight excluding hydrogens is 398 g/mol. The summed E-state index contributed by atoms with van der Waals surface area (Å²) in [5, 5.41) is 21.4. The van der Waals surface area contributed by atoms with Crippen LogP contribution in [0.4, 0.5) is 0 Å². The Morgan fingerprint density at radius 3 is 2.37 bits per heavy atom. The maximum Gasteiger partial charge on any atom is 0.234 e. The van der Waals surface area contributed by atoms with Crippen LogP contribution in [0.15, 0.2) is 29.4 Å². The Morgan fingerprint density at radius 1 is 1.23 bits per heavy atom. The predicted molar refractivity (Wildman–Crippen MR) is 119 cm³/mol. The second-order valence-electron chi connectivity index (χ2n) is 8.26. The van der Waals surface area contributed by atoms with E-state index >= 15 is 0 Å². The zero-order chi connectivity index (χ0) is 22.5. The average Bonchev–Trinajstić information content (AvgIpc) is 3.09. The normalized spacial score (nSPS) is 14.3. The summed E-state index contributed by atoms with van der Waals surface area (Å²) in [6.07, 6.45) is 0. The Balaban J connectivity index is 2.27. The van der Waals surface area contributed by atoms with Crippen molar-refractivity contribution in [3.05, 3.63) is 24.3 Å². The van der Waals surface area contributed by atoms with Crippen LogP contribution in [0.2, 0.25) is 0 Å². The number of hydrogen-bond acceptors (Lipinski definition) is 6. The highest BCUT2D eigenvalue weighted by atomic mass is 32.2. The lowest BCUT2D eigenvalue weighted by molar-refractivity contribution is -0.121. The molecule has 0 unspecified atom stereocenters. The number of carbonyl (C=O) groups is 1. The van der Waals surface area contributed by atoms with E-state index in [-0.39, 0.29) is 11.8 Å². The van der Waals surface area contributed by atoms with Crippen molar-refractivity contribution in [3.63, 3.8) is 0 Å². The van der Waals surface area contributed by atoms with Crippen molar-refractivity contribution in [1.82, 2.24) is 20.1 Å². The molecule has 1 N–H and O–H groups in total. The molecule has 1 heterocycles. The summed E-state index contributed by atoms with van der Waals surface area (Å²) in [4.78, 5) is 12.8. The SMILES string of the molecule is COc1ccc(-c2nnc(S[C@@H](C)C(=O)N[C@@](C)(C#N)C(C)C)n2CC(C)C)cc1. The zero-order valence-corrected chi connectivity index (χ0v) is 19.6. The van der Waals surface area contributed by atoms with Crippen molar-refractivity contribution in [3.8, 4) is 23.2 Å². The first-order valence-electron chi connectivity index (χ1n) is 10.1. The van der Waals surface area contributed by atoms with Gasteiger partial charge in [0.05, 0.1) is 18.4 Å². The number of amides is 1. The zero-order valence-electron chi connectivity index (χ0n) is 18.8. The van der Waals surface area contributed by atoms with Crippen LogP contribution in [0.3, 0.4) is 0 Å². The Kier molecular flexibility index (Phi) is 7.90. The molecule has 0 radical (unpaired) electrons. The monoisotopic (exact) mass is 429 g/mol. The molecule has 0 saturated heterocycles. The Morgan fingerprint density at radius 2 is 1.87 bits per heavy atom. The number of ether oxygens (including phenoxy) is 1. The fourth-order valence-electron chi connectivity index (χ4n) is 2.73. The highest BCUT2D eigenvalue weighted by molar-refractivity contribution is 8.00. The van der Waals surface area contributed by atoms with E-state index < -0.39 is 10.8 Å². The third kappa shape index (κ3) is 5.54. The van der Waals surface area contributed by atoms with Gasteiger partial charge in [-0.2, -0.15) is 5.26 Å². The van der Waals surface area contributed by atoms with Gasteiger partial charge in [-0.3, -0.25) is 4.79 Å². The number of nitriles is 1. The molecule has 2 atom stereocenters. The standard InChI is InChI=1S/C22H31N5O2S/c1-14(2)12-27-19(17-8-10-18(29-7)11-9-17)25-26-21(27)30-16(5)20(28)24-22(6,13-23)15(3)4/h8-11,14-16H,12H2,1-7H3,(H,24,28)/t16-,22-/m0/s1. The van der Waals surface area contributed by atoms with Crippen LogP contribution < -0.4 is 10.1 Å². The number of carbonyl (C=O) groups excluding carboxylic acids is 1. The quantitative estimate of drug-likeness (QED) is 0.602.